The van der Waals surface area contributed by atoms with Crippen LogP contribution in [-0.4, -0.2) is 16.3 Å². The van der Waals surface area contributed by atoms with Gasteiger partial charge in [0, 0.05) is 24.3 Å². The topological polar surface area (TPSA) is 29.9 Å². The Bertz CT molecular complexity index is 490. The van der Waals surface area contributed by atoms with Crippen LogP contribution in [0.2, 0.25) is 5.02 Å². The first kappa shape index (κ1) is 13.1. The number of aromatic nitrogens is 2. The van der Waals surface area contributed by atoms with Gasteiger partial charge in [-0.1, -0.05) is 30.7 Å². The number of hydrogen-bond donors (Lipinski definition) is 1. The highest BCUT2D eigenvalue weighted by Gasteiger charge is 2.11. The Morgan fingerprint density at radius 2 is 2.06 bits per heavy atom. The van der Waals surface area contributed by atoms with E-state index in [4.69, 9.17) is 11.6 Å². The Kier molecular flexibility index (Phi) is 4.39. The van der Waals surface area contributed by atoms with E-state index in [9.17, 15) is 0 Å². The predicted octanol–water partition coefficient (Wildman–Crippen LogP) is 2.97. The minimum Gasteiger partial charge on any atom is -0.310 e. The van der Waals surface area contributed by atoms with Gasteiger partial charge in [0.15, 0.2) is 0 Å². The highest BCUT2D eigenvalue weighted by atomic mass is 35.5. The fourth-order valence-corrected chi connectivity index (χ4v) is 2.19. The van der Waals surface area contributed by atoms with Gasteiger partial charge in [-0.25, -0.2) is 0 Å². The second kappa shape index (κ2) is 6.03. The zero-order valence-electron chi connectivity index (χ0n) is 10.7. The van der Waals surface area contributed by atoms with E-state index in [0.717, 1.165) is 18.0 Å². The van der Waals surface area contributed by atoms with E-state index in [1.54, 1.807) is 0 Å². The normalized spacial score (nSPS) is 12.6. The van der Waals surface area contributed by atoms with Crippen LogP contribution in [0, 0.1) is 0 Å². The monoisotopic (exact) mass is 263 g/mol. The number of hydrogen-bond acceptors (Lipinski definition) is 2. The summed E-state index contributed by atoms with van der Waals surface area (Å²) in [5, 5.41) is 8.47. The van der Waals surface area contributed by atoms with Crippen LogP contribution >= 0.6 is 11.6 Å². The van der Waals surface area contributed by atoms with Crippen molar-refractivity contribution in [2.75, 3.05) is 6.54 Å². The minimum atomic E-state index is 0.302. The van der Waals surface area contributed by atoms with Gasteiger partial charge in [-0.05, 0) is 36.2 Å². The fourth-order valence-electron chi connectivity index (χ4n) is 2.06. The molecule has 0 fully saturated rings. The predicted molar refractivity (Wildman–Crippen MR) is 74.8 cm³/mol. The molecule has 1 atom stereocenters. The van der Waals surface area contributed by atoms with E-state index in [2.05, 4.69) is 35.7 Å². The Morgan fingerprint density at radius 1 is 1.33 bits per heavy atom. The van der Waals surface area contributed by atoms with E-state index in [-0.39, 0.29) is 0 Å². The van der Waals surface area contributed by atoms with Crippen LogP contribution in [0.25, 0.3) is 0 Å². The summed E-state index contributed by atoms with van der Waals surface area (Å²) in [6, 6.07) is 8.32. The summed E-state index contributed by atoms with van der Waals surface area (Å²) in [6.07, 6.45) is 4.91. The first-order chi connectivity index (χ1) is 8.69. The van der Waals surface area contributed by atoms with Crippen molar-refractivity contribution in [2.24, 2.45) is 7.05 Å². The van der Waals surface area contributed by atoms with Crippen LogP contribution in [-0.2, 0) is 13.5 Å². The Balaban J connectivity index is 2.14. The number of nitrogens with zero attached hydrogens (tertiary/aromatic N) is 2. The van der Waals surface area contributed by atoms with Gasteiger partial charge in [0.2, 0.25) is 0 Å². The maximum absolute atomic E-state index is 5.92. The third-order valence-electron chi connectivity index (χ3n) is 2.92. The van der Waals surface area contributed by atoms with E-state index in [0.29, 0.717) is 6.04 Å². The van der Waals surface area contributed by atoms with Crippen molar-refractivity contribution >= 4 is 11.6 Å². The zero-order chi connectivity index (χ0) is 13.0. The number of halogens is 1. The third kappa shape index (κ3) is 3.34. The Hall–Kier alpha value is -1.32. The third-order valence-corrected chi connectivity index (χ3v) is 3.17. The number of benzene rings is 1. The largest absolute Gasteiger partial charge is 0.310 e. The SMILES string of the molecule is CCNC(Cc1cnn(C)c1)c1ccc(Cl)cc1. The minimum absolute atomic E-state index is 0.302. The molecule has 1 aromatic carbocycles. The van der Waals surface area contributed by atoms with Crippen LogP contribution in [0.5, 0.6) is 0 Å². The van der Waals surface area contributed by atoms with Crippen molar-refractivity contribution in [3.8, 4) is 0 Å². The van der Waals surface area contributed by atoms with Gasteiger partial charge in [-0.2, -0.15) is 5.10 Å². The molecule has 0 radical (unpaired) electrons. The average Bonchev–Trinajstić information content (AvgIpc) is 2.75. The first-order valence-corrected chi connectivity index (χ1v) is 6.53. The number of rotatable bonds is 5. The lowest BCUT2D eigenvalue weighted by atomic mass is 10.0. The molecule has 0 amide bonds. The van der Waals surface area contributed by atoms with Crippen LogP contribution in [0.3, 0.4) is 0 Å². The number of nitrogens with one attached hydrogen (secondary N) is 1. The molecule has 1 N–H and O–H groups in total. The summed E-state index contributed by atoms with van der Waals surface area (Å²) in [5.74, 6) is 0. The summed E-state index contributed by atoms with van der Waals surface area (Å²) in [7, 11) is 1.94. The van der Waals surface area contributed by atoms with Crippen molar-refractivity contribution < 1.29 is 0 Å². The highest BCUT2D eigenvalue weighted by molar-refractivity contribution is 6.30. The zero-order valence-corrected chi connectivity index (χ0v) is 11.5. The van der Waals surface area contributed by atoms with Crippen LogP contribution in [0.4, 0.5) is 0 Å². The molecule has 2 aromatic rings. The fraction of sp³-hybridized carbons (Fsp3) is 0.357. The maximum atomic E-state index is 5.92. The molecular formula is C14H18ClN3. The van der Waals surface area contributed by atoms with Crippen molar-refractivity contribution in [1.82, 2.24) is 15.1 Å². The lowest BCUT2D eigenvalue weighted by Gasteiger charge is -2.17. The van der Waals surface area contributed by atoms with E-state index in [1.165, 1.54) is 11.1 Å². The molecule has 18 heavy (non-hydrogen) atoms. The molecule has 1 heterocycles. The Labute approximate surface area is 113 Å². The molecular weight excluding hydrogens is 246 g/mol. The summed E-state index contributed by atoms with van der Waals surface area (Å²) >= 11 is 5.92. The number of likely N-dealkylation sites (N-methyl/N-ethyl adjacent to an activating group) is 1. The molecule has 2 rings (SSSR count). The van der Waals surface area contributed by atoms with Gasteiger partial charge >= 0.3 is 0 Å². The van der Waals surface area contributed by atoms with Gasteiger partial charge in [0.1, 0.15) is 0 Å². The van der Waals surface area contributed by atoms with Crippen molar-refractivity contribution in [1.29, 1.82) is 0 Å². The summed E-state index contributed by atoms with van der Waals surface area (Å²) in [6.45, 7) is 3.06. The molecule has 0 aliphatic carbocycles. The van der Waals surface area contributed by atoms with Crippen molar-refractivity contribution in [2.45, 2.75) is 19.4 Å². The molecule has 1 aromatic heterocycles. The summed E-state index contributed by atoms with van der Waals surface area (Å²) in [5.41, 5.74) is 2.49. The molecule has 3 nitrogen and oxygen atoms in total. The lowest BCUT2D eigenvalue weighted by molar-refractivity contribution is 0.549. The molecule has 0 saturated carbocycles. The summed E-state index contributed by atoms with van der Waals surface area (Å²) < 4.78 is 1.83. The van der Waals surface area contributed by atoms with Gasteiger partial charge in [-0.15, -0.1) is 0 Å². The maximum Gasteiger partial charge on any atom is 0.0522 e. The molecule has 4 heteroatoms. The Morgan fingerprint density at radius 3 is 2.61 bits per heavy atom. The van der Waals surface area contributed by atoms with Crippen molar-refractivity contribution in [3.05, 3.63) is 52.8 Å². The van der Waals surface area contributed by atoms with Gasteiger partial charge < -0.3 is 5.32 Å². The molecule has 0 aliphatic heterocycles. The smallest absolute Gasteiger partial charge is 0.0522 e. The second-order valence-electron chi connectivity index (χ2n) is 4.39. The van der Waals surface area contributed by atoms with Gasteiger partial charge in [0.05, 0.1) is 6.20 Å². The highest BCUT2D eigenvalue weighted by Crippen LogP contribution is 2.20. The van der Waals surface area contributed by atoms with E-state index >= 15 is 0 Å². The molecule has 0 bridgehead atoms. The van der Waals surface area contributed by atoms with E-state index < -0.39 is 0 Å². The quantitative estimate of drug-likeness (QED) is 0.899. The molecule has 0 spiro atoms. The standard InChI is InChI=1S/C14H18ClN3/c1-3-16-14(8-11-9-17-18(2)10-11)12-4-6-13(15)7-5-12/h4-7,9-10,14,16H,3,8H2,1-2H3. The lowest BCUT2D eigenvalue weighted by Crippen LogP contribution is -2.22. The second-order valence-corrected chi connectivity index (χ2v) is 4.82. The average molecular weight is 264 g/mol. The van der Waals surface area contributed by atoms with Crippen molar-refractivity contribution in [3.63, 3.8) is 0 Å². The van der Waals surface area contributed by atoms with Crippen LogP contribution < -0.4 is 5.32 Å². The van der Waals surface area contributed by atoms with Crippen LogP contribution in [0.15, 0.2) is 36.7 Å². The van der Waals surface area contributed by atoms with E-state index in [1.807, 2.05) is 30.1 Å². The number of aryl methyl sites for hydroxylation is 1. The summed E-state index contributed by atoms with van der Waals surface area (Å²) in [4.78, 5) is 0. The molecule has 0 saturated heterocycles. The molecule has 0 aliphatic rings. The van der Waals surface area contributed by atoms with Gasteiger partial charge in [-0.3, -0.25) is 4.68 Å². The molecule has 1 unspecified atom stereocenters. The van der Waals surface area contributed by atoms with Gasteiger partial charge in [0.25, 0.3) is 0 Å². The first-order valence-electron chi connectivity index (χ1n) is 6.15. The van der Waals surface area contributed by atoms with Crippen LogP contribution in [0.1, 0.15) is 24.1 Å². The molecule has 96 valence electrons.